The van der Waals surface area contributed by atoms with Crippen LogP contribution in [0.15, 0.2) is 42.5 Å². The lowest BCUT2D eigenvalue weighted by Crippen LogP contribution is -2.36. The highest BCUT2D eigenvalue weighted by atomic mass is 35.5. The lowest BCUT2D eigenvalue weighted by atomic mass is 9.95. The number of nitrogens with one attached hydrogen (secondary N) is 3. The number of hydrogen-bond acceptors (Lipinski definition) is 4. The minimum Gasteiger partial charge on any atom is -0.494 e. The molecule has 2 amide bonds. The topological polar surface area (TPSA) is 79.5 Å². The fraction of sp³-hybridized carbons (Fsp3) is 0.462. The molecule has 3 rings (SSSR count). The van der Waals surface area contributed by atoms with Crippen molar-refractivity contribution in [2.45, 2.75) is 58.4 Å². The van der Waals surface area contributed by atoms with Crippen LogP contribution in [0, 0.1) is 5.92 Å². The van der Waals surface area contributed by atoms with Gasteiger partial charge in [-0.15, -0.1) is 0 Å². The van der Waals surface area contributed by atoms with Crippen molar-refractivity contribution < 1.29 is 14.3 Å². The third-order valence-corrected chi connectivity index (χ3v) is 6.02. The second kappa shape index (κ2) is 12.5. The van der Waals surface area contributed by atoms with E-state index in [-0.39, 0.29) is 24.4 Å². The average Bonchev–Trinajstić information content (AvgIpc) is 2.79. The van der Waals surface area contributed by atoms with Crippen molar-refractivity contribution in [1.82, 2.24) is 5.32 Å². The van der Waals surface area contributed by atoms with E-state index in [1.165, 1.54) is 6.42 Å². The van der Waals surface area contributed by atoms with Crippen molar-refractivity contribution in [1.29, 1.82) is 0 Å². The van der Waals surface area contributed by atoms with Gasteiger partial charge in [-0.25, -0.2) is 0 Å². The van der Waals surface area contributed by atoms with Gasteiger partial charge in [-0.2, -0.15) is 0 Å². The predicted octanol–water partition coefficient (Wildman–Crippen LogP) is 5.88. The molecule has 33 heavy (non-hydrogen) atoms. The van der Waals surface area contributed by atoms with Crippen LogP contribution < -0.4 is 20.7 Å². The maximum Gasteiger partial charge on any atom is 0.253 e. The van der Waals surface area contributed by atoms with Gasteiger partial charge in [0.2, 0.25) is 5.91 Å². The lowest BCUT2D eigenvalue weighted by Gasteiger charge is -2.23. The Kier molecular flexibility index (Phi) is 9.43. The van der Waals surface area contributed by atoms with Gasteiger partial charge in [-0.3, -0.25) is 9.59 Å². The molecule has 178 valence electrons. The number of halogens is 1. The SMILES string of the molecule is CC(C)CCOc1cccc(NCC(=O)Nc2ccc(Cl)c(C(=O)NC3CCCCC3)c2)c1. The summed E-state index contributed by atoms with van der Waals surface area (Å²) in [7, 11) is 0. The van der Waals surface area contributed by atoms with E-state index in [9.17, 15) is 9.59 Å². The molecule has 0 aliphatic heterocycles. The summed E-state index contributed by atoms with van der Waals surface area (Å²) in [5, 5.41) is 9.38. The maximum absolute atomic E-state index is 12.7. The van der Waals surface area contributed by atoms with E-state index in [0.29, 0.717) is 28.8 Å². The maximum atomic E-state index is 12.7. The van der Waals surface area contributed by atoms with Crippen LogP contribution in [0.2, 0.25) is 5.02 Å². The van der Waals surface area contributed by atoms with Crippen LogP contribution in [0.3, 0.4) is 0 Å². The lowest BCUT2D eigenvalue weighted by molar-refractivity contribution is -0.114. The standard InChI is InChI=1S/C26H34ClN3O3/c1-18(2)13-14-33-22-10-6-9-20(15-22)28-17-25(31)29-21-11-12-24(27)23(16-21)26(32)30-19-7-4-3-5-8-19/h6,9-12,15-16,18-19,28H,3-5,7-8,13-14,17H2,1-2H3,(H,29,31)(H,30,32). The smallest absolute Gasteiger partial charge is 0.253 e. The van der Waals surface area contributed by atoms with Crippen LogP contribution in [0.1, 0.15) is 62.7 Å². The Bertz CT molecular complexity index is 942. The molecular formula is C26H34ClN3O3. The Morgan fingerprint density at radius 3 is 2.61 bits per heavy atom. The highest BCUT2D eigenvalue weighted by molar-refractivity contribution is 6.34. The van der Waals surface area contributed by atoms with Crippen LogP contribution in [0.4, 0.5) is 11.4 Å². The molecule has 0 unspecified atom stereocenters. The summed E-state index contributed by atoms with van der Waals surface area (Å²) in [6.45, 7) is 5.07. The summed E-state index contributed by atoms with van der Waals surface area (Å²) >= 11 is 6.26. The number of carbonyl (C=O) groups excluding carboxylic acids is 2. The molecule has 1 saturated carbocycles. The van der Waals surface area contributed by atoms with Crippen LogP contribution in [-0.2, 0) is 4.79 Å². The van der Waals surface area contributed by atoms with E-state index < -0.39 is 0 Å². The Morgan fingerprint density at radius 1 is 1.06 bits per heavy atom. The summed E-state index contributed by atoms with van der Waals surface area (Å²) in [5.74, 6) is 0.937. The molecule has 7 heteroatoms. The van der Waals surface area contributed by atoms with E-state index in [0.717, 1.165) is 43.5 Å². The molecular weight excluding hydrogens is 438 g/mol. The minimum atomic E-state index is -0.220. The Hall–Kier alpha value is -2.73. The first kappa shape index (κ1) is 24.9. The van der Waals surface area contributed by atoms with Crippen molar-refractivity contribution >= 4 is 34.8 Å². The highest BCUT2D eigenvalue weighted by Gasteiger charge is 2.19. The zero-order valence-electron chi connectivity index (χ0n) is 19.5. The molecule has 1 fully saturated rings. The molecule has 0 aromatic heterocycles. The summed E-state index contributed by atoms with van der Waals surface area (Å²) in [5.41, 5.74) is 1.71. The van der Waals surface area contributed by atoms with Crippen molar-refractivity contribution in [2.24, 2.45) is 5.92 Å². The number of hydrogen-bond donors (Lipinski definition) is 3. The molecule has 2 aromatic rings. The number of rotatable bonds is 10. The molecule has 0 bridgehead atoms. The molecule has 1 aliphatic rings. The van der Waals surface area contributed by atoms with E-state index >= 15 is 0 Å². The van der Waals surface area contributed by atoms with Gasteiger partial charge in [-0.1, -0.05) is 50.8 Å². The van der Waals surface area contributed by atoms with E-state index in [1.54, 1.807) is 18.2 Å². The Labute approximate surface area is 201 Å². The monoisotopic (exact) mass is 471 g/mol. The first-order valence-corrected chi connectivity index (χ1v) is 12.2. The molecule has 0 heterocycles. The molecule has 0 spiro atoms. The van der Waals surface area contributed by atoms with Gasteiger partial charge in [0.05, 0.1) is 23.7 Å². The third-order valence-electron chi connectivity index (χ3n) is 5.69. The van der Waals surface area contributed by atoms with Crippen LogP contribution in [-0.4, -0.2) is 31.0 Å². The van der Waals surface area contributed by atoms with Crippen LogP contribution >= 0.6 is 11.6 Å². The number of benzene rings is 2. The van der Waals surface area contributed by atoms with Gasteiger partial charge in [-0.05, 0) is 55.5 Å². The summed E-state index contributed by atoms with van der Waals surface area (Å²) in [4.78, 5) is 25.2. The predicted molar refractivity (Wildman–Crippen MR) is 134 cm³/mol. The Balaban J connectivity index is 1.52. The summed E-state index contributed by atoms with van der Waals surface area (Å²) < 4.78 is 5.77. The van der Waals surface area contributed by atoms with Crippen LogP contribution in [0.5, 0.6) is 5.75 Å². The molecule has 6 nitrogen and oxygen atoms in total. The Morgan fingerprint density at radius 2 is 1.85 bits per heavy atom. The second-order valence-corrected chi connectivity index (χ2v) is 9.37. The number of ether oxygens (including phenoxy) is 1. The largest absolute Gasteiger partial charge is 0.494 e. The third kappa shape index (κ3) is 8.28. The summed E-state index contributed by atoms with van der Waals surface area (Å²) in [6, 6.07) is 12.7. The first-order chi connectivity index (χ1) is 15.9. The zero-order valence-corrected chi connectivity index (χ0v) is 20.2. The van der Waals surface area contributed by atoms with Crippen molar-refractivity contribution in [3.05, 3.63) is 53.1 Å². The van der Waals surface area contributed by atoms with Gasteiger partial charge in [0.1, 0.15) is 5.75 Å². The minimum absolute atomic E-state index is 0.0850. The summed E-state index contributed by atoms with van der Waals surface area (Å²) in [6.07, 6.45) is 6.47. The quantitative estimate of drug-likeness (QED) is 0.404. The highest BCUT2D eigenvalue weighted by Crippen LogP contribution is 2.23. The number of amides is 2. The fourth-order valence-electron chi connectivity index (χ4n) is 3.78. The van der Waals surface area contributed by atoms with Crippen molar-refractivity contribution in [3.8, 4) is 5.75 Å². The molecule has 0 radical (unpaired) electrons. The van der Waals surface area contributed by atoms with Crippen LogP contribution in [0.25, 0.3) is 0 Å². The number of anilines is 2. The van der Waals surface area contributed by atoms with Crippen molar-refractivity contribution in [3.63, 3.8) is 0 Å². The van der Waals surface area contributed by atoms with E-state index in [1.807, 2.05) is 24.3 Å². The molecule has 3 N–H and O–H groups in total. The molecule has 0 atom stereocenters. The van der Waals surface area contributed by atoms with Gasteiger partial charge >= 0.3 is 0 Å². The van der Waals surface area contributed by atoms with E-state index in [2.05, 4.69) is 29.8 Å². The second-order valence-electron chi connectivity index (χ2n) is 8.96. The van der Waals surface area contributed by atoms with E-state index in [4.69, 9.17) is 16.3 Å². The zero-order chi connectivity index (χ0) is 23.6. The van der Waals surface area contributed by atoms with Gasteiger partial charge < -0.3 is 20.7 Å². The van der Waals surface area contributed by atoms with Gasteiger partial charge in [0.25, 0.3) is 5.91 Å². The van der Waals surface area contributed by atoms with Crippen molar-refractivity contribution in [2.75, 3.05) is 23.8 Å². The molecule has 0 saturated heterocycles. The average molecular weight is 472 g/mol. The molecule has 1 aliphatic carbocycles. The normalized spacial score (nSPS) is 14.1. The van der Waals surface area contributed by atoms with Gasteiger partial charge in [0, 0.05) is 23.5 Å². The first-order valence-electron chi connectivity index (χ1n) is 11.8. The number of carbonyl (C=O) groups is 2. The molecule has 2 aromatic carbocycles. The fourth-order valence-corrected chi connectivity index (χ4v) is 3.99. The van der Waals surface area contributed by atoms with Gasteiger partial charge in [0.15, 0.2) is 0 Å².